The number of aromatic nitrogens is 2. The highest BCUT2D eigenvalue weighted by molar-refractivity contribution is 7.08. The van der Waals surface area contributed by atoms with Gasteiger partial charge in [-0.25, -0.2) is 4.98 Å². The number of benzene rings is 1. The van der Waals surface area contributed by atoms with Gasteiger partial charge in [0.15, 0.2) is 0 Å². The van der Waals surface area contributed by atoms with Gasteiger partial charge in [0.25, 0.3) is 0 Å². The zero-order valence-corrected chi connectivity index (χ0v) is 14.3. The molecule has 1 aliphatic rings. The fraction of sp³-hybridized carbons (Fsp3) is 0.333. The molecule has 0 saturated heterocycles. The van der Waals surface area contributed by atoms with Crippen LogP contribution in [-0.4, -0.2) is 29.2 Å². The number of nitrogens with zero attached hydrogens (tertiary/aromatic N) is 2. The number of carbonyl (C=O) groups excluding carboxylic acids is 1. The number of ether oxygens (including phenoxy) is 1. The smallest absolute Gasteiger partial charge is 0.230 e. The van der Waals surface area contributed by atoms with Crippen LogP contribution in [-0.2, 0) is 16.1 Å². The van der Waals surface area contributed by atoms with E-state index in [4.69, 9.17) is 4.74 Å². The molecule has 24 heavy (non-hydrogen) atoms. The van der Waals surface area contributed by atoms with Crippen LogP contribution in [0.5, 0.6) is 0 Å². The summed E-state index contributed by atoms with van der Waals surface area (Å²) >= 11 is 1.68. The van der Waals surface area contributed by atoms with E-state index in [2.05, 4.69) is 27.1 Å². The Hall–Kier alpha value is -2.18. The molecule has 1 amide bonds. The third-order valence-electron chi connectivity index (χ3n) is 4.51. The fourth-order valence-electron chi connectivity index (χ4n) is 3.12. The number of rotatable bonds is 6. The lowest BCUT2D eigenvalue weighted by atomic mass is 10.2. The van der Waals surface area contributed by atoms with Crippen molar-refractivity contribution in [2.45, 2.75) is 18.9 Å². The largest absolute Gasteiger partial charge is 0.383 e. The second kappa shape index (κ2) is 6.37. The summed E-state index contributed by atoms with van der Waals surface area (Å²) in [7, 11) is 1.67. The summed E-state index contributed by atoms with van der Waals surface area (Å²) in [6.45, 7) is 1.23. The molecule has 0 unspecified atom stereocenters. The zero-order valence-electron chi connectivity index (χ0n) is 13.4. The Morgan fingerprint density at radius 1 is 1.42 bits per heavy atom. The number of thiophene rings is 1. The third kappa shape index (κ3) is 2.83. The van der Waals surface area contributed by atoms with Crippen molar-refractivity contribution < 1.29 is 9.53 Å². The molecule has 3 aromatic rings. The molecule has 1 N–H and O–H groups in total. The van der Waals surface area contributed by atoms with Crippen LogP contribution in [0.3, 0.4) is 0 Å². The highest BCUT2D eigenvalue weighted by Gasteiger charge is 2.44. The van der Waals surface area contributed by atoms with Gasteiger partial charge in [-0.15, -0.1) is 0 Å². The molecular formula is C18H19N3O2S. The van der Waals surface area contributed by atoms with E-state index in [9.17, 15) is 4.79 Å². The molecule has 1 aromatic carbocycles. The normalized spacial score (nSPS) is 19.5. The molecule has 1 fully saturated rings. The summed E-state index contributed by atoms with van der Waals surface area (Å²) in [5.74, 6) is 1.07. The monoisotopic (exact) mass is 341 g/mol. The van der Waals surface area contributed by atoms with Crippen molar-refractivity contribution >= 4 is 34.2 Å². The highest BCUT2D eigenvalue weighted by atomic mass is 32.1. The molecule has 0 aliphatic heterocycles. The SMILES string of the molecule is COCCn1c(NC(=O)[C@@H]2C[C@H]2c2ccsc2)nc2ccccc21. The predicted molar refractivity (Wildman–Crippen MR) is 95.4 cm³/mol. The Morgan fingerprint density at radius 2 is 2.29 bits per heavy atom. The van der Waals surface area contributed by atoms with Crippen LogP contribution in [0.25, 0.3) is 11.0 Å². The van der Waals surface area contributed by atoms with Crippen LogP contribution in [0.1, 0.15) is 17.9 Å². The molecule has 1 aliphatic carbocycles. The average molecular weight is 341 g/mol. The van der Waals surface area contributed by atoms with Gasteiger partial charge in [-0.3, -0.25) is 10.1 Å². The van der Waals surface area contributed by atoms with Gasteiger partial charge >= 0.3 is 0 Å². The molecule has 0 spiro atoms. The molecular weight excluding hydrogens is 322 g/mol. The van der Waals surface area contributed by atoms with E-state index in [0.717, 1.165) is 17.5 Å². The molecule has 2 aromatic heterocycles. The van der Waals surface area contributed by atoms with E-state index >= 15 is 0 Å². The van der Waals surface area contributed by atoms with E-state index in [0.29, 0.717) is 25.0 Å². The number of carbonyl (C=O) groups is 1. The van der Waals surface area contributed by atoms with E-state index in [1.807, 2.05) is 28.8 Å². The minimum Gasteiger partial charge on any atom is -0.383 e. The lowest BCUT2D eigenvalue weighted by molar-refractivity contribution is -0.117. The van der Waals surface area contributed by atoms with Crippen LogP contribution in [0.15, 0.2) is 41.1 Å². The maximum atomic E-state index is 12.6. The standard InChI is InChI=1S/C18H19N3O2S/c1-23-8-7-21-16-5-3-2-4-15(16)19-18(21)20-17(22)14-10-13(14)12-6-9-24-11-12/h2-6,9,11,13-14H,7-8,10H2,1H3,(H,19,20,22)/t13-,14+/m0/s1. The Morgan fingerprint density at radius 3 is 3.08 bits per heavy atom. The van der Waals surface area contributed by atoms with Crippen LogP contribution < -0.4 is 5.32 Å². The molecule has 0 bridgehead atoms. The number of amides is 1. The third-order valence-corrected chi connectivity index (χ3v) is 5.21. The van der Waals surface area contributed by atoms with Crippen molar-refractivity contribution in [3.8, 4) is 0 Å². The summed E-state index contributed by atoms with van der Waals surface area (Å²) in [5.41, 5.74) is 3.16. The lowest BCUT2D eigenvalue weighted by Crippen LogP contribution is -2.19. The number of methoxy groups -OCH3 is 1. The maximum absolute atomic E-state index is 12.6. The second-order valence-electron chi connectivity index (χ2n) is 6.06. The number of para-hydroxylation sites is 2. The van der Waals surface area contributed by atoms with Crippen molar-refractivity contribution in [3.63, 3.8) is 0 Å². The lowest BCUT2D eigenvalue weighted by Gasteiger charge is -2.09. The van der Waals surface area contributed by atoms with Gasteiger partial charge in [0.1, 0.15) is 0 Å². The molecule has 4 rings (SSSR count). The fourth-order valence-corrected chi connectivity index (χ4v) is 3.85. The molecule has 0 radical (unpaired) electrons. The minimum absolute atomic E-state index is 0.0512. The van der Waals surface area contributed by atoms with Crippen molar-refractivity contribution in [3.05, 3.63) is 46.7 Å². The first-order valence-corrected chi connectivity index (χ1v) is 8.99. The van der Waals surface area contributed by atoms with Gasteiger partial charge in [-0.2, -0.15) is 11.3 Å². The average Bonchev–Trinajstić information content (AvgIpc) is 3.06. The number of hydrogen-bond acceptors (Lipinski definition) is 4. The summed E-state index contributed by atoms with van der Waals surface area (Å²) in [6, 6.07) is 10.0. The number of hydrogen-bond donors (Lipinski definition) is 1. The van der Waals surface area contributed by atoms with Crippen LogP contribution >= 0.6 is 11.3 Å². The first-order chi connectivity index (χ1) is 11.8. The molecule has 2 atom stereocenters. The van der Waals surface area contributed by atoms with Gasteiger partial charge in [-0.05, 0) is 46.9 Å². The molecule has 1 saturated carbocycles. The summed E-state index contributed by atoms with van der Waals surface area (Å²) < 4.78 is 7.20. The zero-order chi connectivity index (χ0) is 16.5. The van der Waals surface area contributed by atoms with Crippen LogP contribution in [0, 0.1) is 5.92 Å². The minimum atomic E-state index is 0.0512. The second-order valence-corrected chi connectivity index (χ2v) is 6.84. The van der Waals surface area contributed by atoms with Gasteiger partial charge in [0.05, 0.1) is 17.6 Å². The predicted octanol–water partition coefficient (Wildman–Crippen LogP) is 3.49. The number of imidazole rings is 1. The van der Waals surface area contributed by atoms with E-state index in [1.165, 1.54) is 5.56 Å². The summed E-state index contributed by atoms with van der Waals surface area (Å²) in [6.07, 6.45) is 0.918. The topological polar surface area (TPSA) is 56.1 Å². The van der Waals surface area contributed by atoms with Crippen molar-refractivity contribution in [1.82, 2.24) is 9.55 Å². The summed E-state index contributed by atoms with van der Waals surface area (Å²) in [4.78, 5) is 17.2. The van der Waals surface area contributed by atoms with E-state index < -0.39 is 0 Å². The van der Waals surface area contributed by atoms with Gasteiger partial charge in [-0.1, -0.05) is 12.1 Å². The van der Waals surface area contributed by atoms with Crippen molar-refractivity contribution in [1.29, 1.82) is 0 Å². The Kier molecular flexibility index (Phi) is 4.08. The first kappa shape index (κ1) is 15.4. The van der Waals surface area contributed by atoms with Crippen molar-refractivity contribution in [2.24, 2.45) is 5.92 Å². The van der Waals surface area contributed by atoms with E-state index in [-0.39, 0.29) is 11.8 Å². The van der Waals surface area contributed by atoms with E-state index in [1.54, 1.807) is 18.4 Å². The number of fused-ring (bicyclic) bond motifs is 1. The maximum Gasteiger partial charge on any atom is 0.230 e. The first-order valence-electron chi connectivity index (χ1n) is 8.05. The Balaban J connectivity index is 1.54. The molecule has 2 heterocycles. The highest BCUT2D eigenvalue weighted by Crippen LogP contribution is 2.48. The van der Waals surface area contributed by atoms with Gasteiger partial charge in [0, 0.05) is 19.6 Å². The van der Waals surface area contributed by atoms with Gasteiger partial charge in [0.2, 0.25) is 11.9 Å². The quantitative estimate of drug-likeness (QED) is 0.747. The van der Waals surface area contributed by atoms with Crippen molar-refractivity contribution in [2.75, 3.05) is 19.0 Å². The molecule has 124 valence electrons. The van der Waals surface area contributed by atoms with Gasteiger partial charge < -0.3 is 9.30 Å². The molecule has 5 nitrogen and oxygen atoms in total. The summed E-state index contributed by atoms with van der Waals surface area (Å²) in [5, 5.41) is 7.22. The number of nitrogens with one attached hydrogen (secondary N) is 1. The number of anilines is 1. The van der Waals surface area contributed by atoms with Crippen LogP contribution in [0.4, 0.5) is 5.95 Å². The van der Waals surface area contributed by atoms with Crippen LogP contribution in [0.2, 0.25) is 0 Å². The Labute approximate surface area is 144 Å². The Bertz CT molecular complexity index is 856. The molecule has 6 heteroatoms.